The normalized spacial score (nSPS) is 13.0. The fourth-order valence-corrected chi connectivity index (χ4v) is 2.04. The molecule has 0 bridgehead atoms. The van der Waals surface area contributed by atoms with Crippen molar-refractivity contribution in [2.75, 3.05) is 11.9 Å². The van der Waals surface area contributed by atoms with Crippen molar-refractivity contribution in [3.8, 4) is 0 Å². The standard InChI is InChI=1S/C17H24N2O3/c1-10(2)17(21)19-13-5-6-15-12(7-13)8-16(22-15)14(20)9-18-11(3)4/h5-8,10-11,14,18,20H,9H2,1-4H3,(H,19,21). The van der Waals surface area contributed by atoms with Gasteiger partial charge in [0.1, 0.15) is 17.4 Å². The van der Waals surface area contributed by atoms with Gasteiger partial charge in [-0.25, -0.2) is 0 Å². The maximum atomic E-state index is 11.7. The van der Waals surface area contributed by atoms with Gasteiger partial charge < -0.3 is 20.2 Å². The summed E-state index contributed by atoms with van der Waals surface area (Å²) in [4.78, 5) is 11.7. The molecule has 0 fully saturated rings. The zero-order valence-electron chi connectivity index (χ0n) is 13.5. The van der Waals surface area contributed by atoms with Crippen molar-refractivity contribution in [3.05, 3.63) is 30.0 Å². The first-order valence-corrected chi connectivity index (χ1v) is 7.62. The van der Waals surface area contributed by atoms with E-state index in [2.05, 4.69) is 10.6 Å². The summed E-state index contributed by atoms with van der Waals surface area (Å²) >= 11 is 0. The van der Waals surface area contributed by atoms with E-state index in [1.54, 1.807) is 12.1 Å². The fraction of sp³-hybridized carbons (Fsp3) is 0.471. The third-order valence-electron chi connectivity index (χ3n) is 3.38. The lowest BCUT2D eigenvalue weighted by atomic mass is 10.1. The first-order chi connectivity index (χ1) is 10.4. The number of hydrogen-bond acceptors (Lipinski definition) is 4. The van der Waals surface area contributed by atoms with E-state index in [0.29, 0.717) is 23.9 Å². The Morgan fingerprint density at radius 3 is 2.59 bits per heavy atom. The molecule has 0 saturated heterocycles. The number of benzene rings is 1. The average Bonchev–Trinajstić information content (AvgIpc) is 2.87. The Labute approximate surface area is 130 Å². The van der Waals surface area contributed by atoms with Crippen LogP contribution in [-0.4, -0.2) is 23.6 Å². The monoisotopic (exact) mass is 304 g/mol. The molecule has 0 aliphatic carbocycles. The second kappa shape index (κ2) is 6.94. The molecular formula is C17H24N2O3. The zero-order valence-corrected chi connectivity index (χ0v) is 13.5. The number of anilines is 1. The van der Waals surface area contributed by atoms with E-state index in [0.717, 1.165) is 11.1 Å². The summed E-state index contributed by atoms with van der Waals surface area (Å²) in [6, 6.07) is 7.57. The number of rotatable bonds is 6. The first-order valence-electron chi connectivity index (χ1n) is 7.62. The lowest BCUT2D eigenvalue weighted by Gasteiger charge is -2.11. The second-order valence-electron chi connectivity index (χ2n) is 6.12. The highest BCUT2D eigenvalue weighted by molar-refractivity contribution is 5.94. The summed E-state index contributed by atoms with van der Waals surface area (Å²) in [5.74, 6) is 0.430. The van der Waals surface area contributed by atoms with Gasteiger partial charge in [-0.3, -0.25) is 4.79 Å². The average molecular weight is 304 g/mol. The van der Waals surface area contributed by atoms with Gasteiger partial charge in [0.05, 0.1) is 0 Å². The van der Waals surface area contributed by atoms with Gasteiger partial charge >= 0.3 is 0 Å². The van der Waals surface area contributed by atoms with Gasteiger partial charge in [-0.2, -0.15) is 0 Å². The van der Waals surface area contributed by atoms with E-state index < -0.39 is 6.10 Å². The number of fused-ring (bicyclic) bond motifs is 1. The van der Waals surface area contributed by atoms with Crippen LogP contribution in [0.15, 0.2) is 28.7 Å². The van der Waals surface area contributed by atoms with E-state index in [1.807, 2.05) is 39.8 Å². The molecule has 1 atom stereocenters. The number of furan rings is 1. The Morgan fingerprint density at radius 1 is 1.23 bits per heavy atom. The fourth-order valence-electron chi connectivity index (χ4n) is 2.04. The summed E-state index contributed by atoms with van der Waals surface area (Å²) < 4.78 is 5.67. The molecule has 120 valence electrons. The lowest BCUT2D eigenvalue weighted by Crippen LogP contribution is -2.27. The molecule has 1 aromatic carbocycles. The van der Waals surface area contributed by atoms with Gasteiger partial charge in [0.25, 0.3) is 0 Å². The molecule has 0 aliphatic rings. The molecule has 0 saturated carbocycles. The number of aliphatic hydroxyl groups is 1. The van der Waals surface area contributed by atoms with Crippen molar-refractivity contribution in [1.82, 2.24) is 5.32 Å². The maximum Gasteiger partial charge on any atom is 0.226 e. The minimum Gasteiger partial charge on any atom is -0.458 e. The Balaban J connectivity index is 2.15. The number of carbonyl (C=O) groups excluding carboxylic acids is 1. The molecule has 0 aliphatic heterocycles. The Morgan fingerprint density at radius 2 is 1.95 bits per heavy atom. The molecule has 3 N–H and O–H groups in total. The van der Waals surface area contributed by atoms with E-state index in [1.165, 1.54) is 0 Å². The van der Waals surface area contributed by atoms with Crippen LogP contribution in [0.3, 0.4) is 0 Å². The highest BCUT2D eigenvalue weighted by atomic mass is 16.4. The van der Waals surface area contributed by atoms with Crippen molar-refractivity contribution < 1.29 is 14.3 Å². The SMILES string of the molecule is CC(C)NCC(O)c1cc2cc(NC(=O)C(C)C)ccc2o1. The first kappa shape index (κ1) is 16.5. The van der Waals surface area contributed by atoms with Crippen LogP contribution >= 0.6 is 0 Å². The molecule has 1 heterocycles. The van der Waals surface area contributed by atoms with Crippen molar-refractivity contribution in [3.63, 3.8) is 0 Å². The van der Waals surface area contributed by atoms with Crippen LogP contribution in [0.4, 0.5) is 5.69 Å². The Kier molecular flexibility index (Phi) is 5.21. The van der Waals surface area contributed by atoms with Crippen LogP contribution in [0.1, 0.15) is 39.6 Å². The Hall–Kier alpha value is -1.85. The Bertz CT molecular complexity index is 646. The smallest absolute Gasteiger partial charge is 0.226 e. The number of hydrogen-bond donors (Lipinski definition) is 3. The number of aliphatic hydroxyl groups excluding tert-OH is 1. The summed E-state index contributed by atoms with van der Waals surface area (Å²) in [6.07, 6.45) is -0.691. The van der Waals surface area contributed by atoms with Crippen LogP contribution < -0.4 is 10.6 Å². The quantitative estimate of drug-likeness (QED) is 0.767. The molecule has 5 heteroatoms. The predicted octanol–water partition coefficient (Wildman–Crippen LogP) is 3.06. The van der Waals surface area contributed by atoms with Gasteiger partial charge in [0, 0.05) is 29.6 Å². The van der Waals surface area contributed by atoms with Crippen LogP contribution in [0, 0.1) is 5.92 Å². The molecule has 1 unspecified atom stereocenters. The van der Waals surface area contributed by atoms with E-state index >= 15 is 0 Å². The van der Waals surface area contributed by atoms with Crippen LogP contribution in [0.25, 0.3) is 11.0 Å². The third-order valence-corrected chi connectivity index (χ3v) is 3.38. The summed E-state index contributed by atoms with van der Waals surface area (Å²) in [7, 11) is 0. The largest absolute Gasteiger partial charge is 0.458 e. The van der Waals surface area contributed by atoms with Crippen molar-refractivity contribution in [2.45, 2.75) is 39.8 Å². The van der Waals surface area contributed by atoms with Gasteiger partial charge in [-0.15, -0.1) is 0 Å². The third kappa shape index (κ3) is 4.08. The van der Waals surface area contributed by atoms with E-state index in [9.17, 15) is 9.90 Å². The minimum atomic E-state index is -0.691. The molecule has 2 rings (SSSR count). The summed E-state index contributed by atoms with van der Waals surface area (Å²) in [6.45, 7) is 8.18. The predicted molar refractivity (Wildman–Crippen MR) is 87.8 cm³/mol. The van der Waals surface area contributed by atoms with Gasteiger partial charge in [-0.05, 0) is 24.3 Å². The van der Waals surface area contributed by atoms with Gasteiger partial charge in [-0.1, -0.05) is 27.7 Å². The molecule has 1 amide bonds. The number of amides is 1. The number of carbonyl (C=O) groups is 1. The maximum absolute atomic E-state index is 11.7. The lowest BCUT2D eigenvalue weighted by molar-refractivity contribution is -0.118. The van der Waals surface area contributed by atoms with Gasteiger partial charge in [0.2, 0.25) is 5.91 Å². The number of nitrogens with one attached hydrogen (secondary N) is 2. The van der Waals surface area contributed by atoms with Crippen LogP contribution in [-0.2, 0) is 4.79 Å². The molecule has 22 heavy (non-hydrogen) atoms. The summed E-state index contributed by atoms with van der Waals surface area (Å²) in [5.41, 5.74) is 1.43. The van der Waals surface area contributed by atoms with Gasteiger partial charge in [0.15, 0.2) is 0 Å². The van der Waals surface area contributed by atoms with Crippen molar-refractivity contribution >= 4 is 22.6 Å². The summed E-state index contributed by atoms with van der Waals surface area (Å²) in [5, 5.41) is 17.0. The molecular weight excluding hydrogens is 280 g/mol. The topological polar surface area (TPSA) is 74.5 Å². The zero-order chi connectivity index (χ0) is 16.3. The van der Waals surface area contributed by atoms with E-state index in [-0.39, 0.29) is 11.8 Å². The molecule has 2 aromatic rings. The molecule has 0 radical (unpaired) electrons. The molecule has 5 nitrogen and oxygen atoms in total. The minimum absolute atomic E-state index is 0.0239. The van der Waals surface area contributed by atoms with E-state index in [4.69, 9.17) is 4.42 Å². The molecule has 0 spiro atoms. The van der Waals surface area contributed by atoms with Crippen molar-refractivity contribution in [1.29, 1.82) is 0 Å². The molecule has 1 aromatic heterocycles. The van der Waals surface area contributed by atoms with Crippen LogP contribution in [0.2, 0.25) is 0 Å². The highest BCUT2D eigenvalue weighted by Gasteiger charge is 2.14. The van der Waals surface area contributed by atoms with Crippen molar-refractivity contribution in [2.24, 2.45) is 5.92 Å². The second-order valence-corrected chi connectivity index (χ2v) is 6.12. The van der Waals surface area contributed by atoms with Crippen LogP contribution in [0.5, 0.6) is 0 Å². The highest BCUT2D eigenvalue weighted by Crippen LogP contribution is 2.26.